The van der Waals surface area contributed by atoms with Gasteiger partial charge in [-0.15, -0.1) is 0 Å². The first-order chi connectivity index (χ1) is 2.56. The Bertz CT molecular complexity index is 113. The second-order valence-electron chi connectivity index (χ2n) is 0.556. The molecule has 0 aliphatic rings. The van der Waals surface area contributed by atoms with Gasteiger partial charge in [0.2, 0.25) is 9.97 Å². The zero-order valence-electron chi connectivity index (χ0n) is 2.59. The zero-order chi connectivity index (χ0) is 5.21. The van der Waals surface area contributed by atoms with E-state index in [9.17, 15) is 8.42 Å². The van der Waals surface area contributed by atoms with Gasteiger partial charge >= 0.3 is 0 Å². The highest BCUT2D eigenvalue weighted by Crippen LogP contribution is 1.90. The fourth-order valence-electron chi connectivity index (χ4n) is 0. The zero-order valence-corrected chi connectivity index (χ0v) is 5.56. The Morgan fingerprint density at radius 2 is 1.83 bits per heavy atom. The highest BCUT2D eigenvalue weighted by atomic mass is 127. The van der Waals surface area contributed by atoms with Crippen LogP contribution in [-0.2, 0) is 12.5 Å². The van der Waals surface area contributed by atoms with E-state index in [1.165, 1.54) is 23.0 Å². The van der Waals surface area contributed by atoms with E-state index < -0.39 is 9.97 Å². The lowest BCUT2D eigenvalue weighted by atomic mass is 10.8. The molecule has 0 aromatic rings. The van der Waals surface area contributed by atoms with Gasteiger partial charge in [0.15, 0.2) is 0 Å². The van der Waals surface area contributed by atoms with Crippen molar-refractivity contribution in [1.29, 1.82) is 0 Å². The van der Waals surface area contributed by atoms with E-state index in [1.807, 2.05) is 0 Å². The van der Waals surface area contributed by atoms with Gasteiger partial charge < -0.3 is 0 Å². The Balaban J connectivity index is 3.85. The van der Waals surface area contributed by atoms with E-state index >= 15 is 0 Å². The first kappa shape index (κ1) is 6.70. The highest BCUT2D eigenvalue weighted by Gasteiger charge is 1.93. The molecular weight excluding hydrogens is 218 g/mol. The molecule has 6 heteroatoms. The molecule has 0 saturated carbocycles. The van der Waals surface area contributed by atoms with Gasteiger partial charge in [0.1, 0.15) is 23.0 Å². The Morgan fingerprint density at radius 3 is 1.83 bits per heavy atom. The summed E-state index contributed by atoms with van der Waals surface area (Å²) in [6.07, 6.45) is 0. The minimum Gasteiger partial charge on any atom is -0.214 e. The van der Waals surface area contributed by atoms with Crippen molar-refractivity contribution in [2.75, 3.05) is 0 Å². The Kier molecular flexibility index (Phi) is 2.38. The Labute approximate surface area is 51.2 Å². The van der Waals surface area contributed by atoms with Crippen LogP contribution in [0.5, 0.6) is 0 Å². The summed E-state index contributed by atoms with van der Waals surface area (Å²) in [7, 11) is 0.602. The molecule has 0 bridgehead atoms. The third-order valence-corrected chi connectivity index (χ3v) is 1.77. The van der Waals surface area contributed by atoms with E-state index in [1.54, 1.807) is 0 Å². The lowest BCUT2D eigenvalue weighted by Gasteiger charge is -1.81. The van der Waals surface area contributed by atoms with Gasteiger partial charge in [-0.25, -0.2) is 10.9 Å². The molecule has 0 rings (SSSR count). The van der Waals surface area contributed by atoms with Crippen molar-refractivity contribution in [2.45, 2.75) is 0 Å². The lowest BCUT2D eigenvalue weighted by Crippen LogP contribution is -1.93. The summed E-state index contributed by atoms with van der Waals surface area (Å²) in [4.78, 5) is 0. The normalized spacial score (nSPS) is 11.5. The quantitative estimate of drug-likeness (QED) is 0.450. The van der Waals surface area contributed by atoms with Crippen molar-refractivity contribution < 1.29 is 10.9 Å². The molecule has 2 radical (unpaired) electrons. The molecule has 0 atom stereocenters. The molecule has 0 aliphatic heterocycles. The van der Waals surface area contributed by atoms with Gasteiger partial charge in [0.05, 0.1) is 0 Å². The summed E-state index contributed by atoms with van der Waals surface area (Å²) in [5.41, 5.74) is 0. The summed E-state index contributed by atoms with van der Waals surface area (Å²) in [6, 6.07) is 0. The topological polar surface area (TPSA) is 43.4 Å². The standard InChI is InChI=1S/BIO3S/c1-6(3,4)5-2. The summed E-state index contributed by atoms with van der Waals surface area (Å²) in [6.45, 7) is 0. The van der Waals surface area contributed by atoms with Gasteiger partial charge in [-0.05, 0) is 0 Å². The third kappa shape index (κ3) is 4.70. The van der Waals surface area contributed by atoms with Crippen LogP contribution >= 0.6 is 23.0 Å². The minimum absolute atomic E-state index is 1.18. The molecule has 0 heterocycles. The van der Waals surface area contributed by atoms with Crippen molar-refractivity contribution in [3.63, 3.8) is 0 Å². The highest BCUT2D eigenvalue weighted by molar-refractivity contribution is 14.1. The summed E-state index contributed by atoms with van der Waals surface area (Å²) < 4.78 is 22.8. The predicted octanol–water partition coefficient (Wildman–Crippen LogP) is -0.234. The molecule has 0 aromatic heterocycles. The number of rotatable bonds is 1. The minimum atomic E-state index is -3.68. The van der Waals surface area contributed by atoms with Crippen molar-refractivity contribution in [3.05, 3.63) is 0 Å². The Morgan fingerprint density at radius 1 is 1.67 bits per heavy atom. The largest absolute Gasteiger partial charge is 0.296 e. The second-order valence-corrected chi connectivity index (χ2v) is 2.75. The molecule has 0 aliphatic carbocycles. The molecule has 0 aromatic carbocycles. The molecule has 0 fully saturated rings. The Hall–Kier alpha value is 0.705. The maximum atomic E-state index is 9.55. The van der Waals surface area contributed by atoms with E-state index in [-0.39, 0.29) is 0 Å². The van der Waals surface area contributed by atoms with E-state index in [0.717, 1.165) is 0 Å². The SMILES string of the molecule is [B]S(=O)(=O)OI. The maximum absolute atomic E-state index is 9.55. The van der Waals surface area contributed by atoms with Gasteiger partial charge in [-0.3, -0.25) is 0 Å². The molecule has 3 nitrogen and oxygen atoms in total. The molecule has 0 N–H and O–H groups in total. The summed E-state index contributed by atoms with van der Waals surface area (Å²) >= 11 is 1.18. The maximum Gasteiger partial charge on any atom is 0.296 e. The van der Waals surface area contributed by atoms with Crippen LogP contribution in [0.1, 0.15) is 0 Å². The summed E-state index contributed by atoms with van der Waals surface area (Å²) in [5.74, 6) is 0. The number of hydrogen-bond donors (Lipinski definition) is 0. The molecule has 6 heavy (non-hydrogen) atoms. The first-order valence-corrected chi connectivity index (χ1v) is 3.24. The van der Waals surface area contributed by atoms with Crippen LogP contribution in [0, 0.1) is 0 Å². The average Bonchev–Trinajstić information content (AvgIpc) is 1.35. The van der Waals surface area contributed by atoms with Crippen LogP contribution in [0.3, 0.4) is 0 Å². The van der Waals surface area contributed by atoms with Gasteiger partial charge in [0, 0.05) is 0 Å². The fraction of sp³-hybridized carbons (Fsp3) is 0. The van der Waals surface area contributed by atoms with Crippen molar-refractivity contribution >= 4 is 40.1 Å². The number of hydrogen-bond acceptors (Lipinski definition) is 3. The van der Waals surface area contributed by atoms with Crippen LogP contribution in [0.4, 0.5) is 0 Å². The molecule has 0 amide bonds. The van der Waals surface area contributed by atoms with Crippen LogP contribution < -0.4 is 0 Å². The van der Waals surface area contributed by atoms with Gasteiger partial charge in [-0.1, -0.05) is 0 Å². The van der Waals surface area contributed by atoms with E-state index in [4.69, 9.17) is 0 Å². The van der Waals surface area contributed by atoms with Crippen LogP contribution in [-0.4, -0.2) is 15.5 Å². The predicted molar refractivity (Wildman–Crippen MR) is 29.8 cm³/mol. The van der Waals surface area contributed by atoms with Crippen LogP contribution in [0.2, 0.25) is 0 Å². The molecule has 34 valence electrons. The van der Waals surface area contributed by atoms with Gasteiger partial charge in [0.25, 0.3) is 7.12 Å². The van der Waals surface area contributed by atoms with Crippen molar-refractivity contribution in [2.24, 2.45) is 0 Å². The molecule has 0 unspecified atom stereocenters. The van der Waals surface area contributed by atoms with E-state index in [2.05, 4.69) is 9.64 Å². The first-order valence-electron chi connectivity index (χ1n) is 0.890. The monoisotopic (exact) mass is 218 g/mol. The van der Waals surface area contributed by atoms with E-state index in [0.29, 0.717) is 0 Å². The average molecular weight is 218 g/mol. The molecular formula is BIO3S. The summed E-state index contributed by atoms with van der Waals surface area (Å²) in [5, 5.41) is 0. The molecule has 0 saturated heterocycles. The second kappa shape index (κ2) is 2.13. The molecule has 0 spiro atoms. The fourth-order valence-corrected chi connectivity index (χ4v) is 0. The smallest absolute Gasteiger partial charge is 0.214 e. The third-order valence-electron chi connectivity index (χ3n) is 0.0878. The van der Waals surface area contributed by atoms with Crippen LogP contribution in [0.15, 0.2) is 0 Å². The van der Waals surface area contributed by atoms with Crippen molar-refractivity contribution in [3.8, 4) is 0 Å². The van der Waals surface area contributed by atoms with Gasteiger partial charge in [-0.2, -0.15) is 0 Å². The van der Waals surface area contributed by atoms with Crippen LogP contribution in [0.25, 0.3) is 0 Å². The van der Waals surface area contributed by atoms with Crippen molar-refractivity contribution in [1.82, 2.24) is 0 Å². The number of halogens is 1. The lowest BCUT2D eigenvalue weighted by molar-refractivity contribution is 0.554.